The van der Waals surface area contributed by atoms with Gasteiger partial charge in [-0.25, -0.2) is 4.98 Å². The highest BCUT2D eigenvalue weighted by atomic mass is 35.5. The Morgan fingerprint density at radius 1 is 1.45 bits per heavy atom. The van der Waals surface area contributed by atoms with Crippen LogP contribution < -0.4 is 10.1 Å². The van der Waals surface area contributed by atoms with Crippen molar-refractivity contribution in [3.05, 3.63) is 47.0 Å². The molecule has 1 aromatic carbocycles. The molecule has 0 bridgehead atoms. The quantitative estimate of drug-likeness (QED) is 0.889. The van der Waals surface area contributed by atoms with Gasteiger partial charge < -0.3 is 14.6 Å². The molecule has 5 heteroatoms. The van der Waals surface area contributed by atoms with Crippen molar-refractivity contribution >= 4 is 11.6 Å². The molecule has 20 heavy (non-hydrogen) atoms. The Morgan fingerprint density at radius 2 is 2.30 bits per heavy atom. The molecule has 0 aliphatic heterocycles. The Labute approximate surface area is 123 Å². The number of ether oxygens (including phenoxy) is 1. The van der Waals surface area contributed by atoms with Crippen LogP contribution in [0.5, 0.6) is 5.75 Å². The van der Waals surface area contributed by atoms with E-state index in [1.165, 1.54) is 18.5 Å². The molecule has 3 rings (SSSR count). The lowest BCUT2D eigenvalue weighted by Gasteiger charge is -2.13. The topological polar surface area (TPSA) is 39.1 Å². The summed E-state index contributed by atoms with van der Waals surface area (Å²) in [5, 5.41) is 4.22. The van der Waals surface area contributed by atoms with E-state index >= 15 is 0 Å². The van der Waals surface area contributed by atoms with Gasteiger partial charge in [-0.2, -0.15) is 0 Å². The van der Waals surface area contributed by atoms with Crippen LogP contribution in [0.3, 0.4) is 0 Å². The molecule has 1 saturated carbocycles. The summed E-state index contributed by atoms with van der Waals surface area (Å²) >= 11 is 6.29. The minimum Gasteiger partial charge on any atom is -0.496 e. The van der Waals surface area contributed by atoms with Crippen LogP contribution in [0.15, 0.2) is 30.7 Å². The second kappa shape index (κ2) is 5.85. The van der Waals surface area contributed by atoms with Crippen LogP contribution in [0, 0.1) is 0 Å². The van der Waals surface area contributed by atoms with E-state index in [4.69, 9.17) is 16.3 Å². The zero-order chi connectivity index (χ0) is 13.9. The molecule has 1 aromatic heterocycles. The highest BCUT2D eigenvalue weighted by molar-refractivity contribution is 6.31. The molecule has 0 radical (unpaired) electrons. The first-order valence-corrected chi connectivity index (χ1v) is 7.19. The van der Waals surface area contributed by atoms with E-state index in [1.807, 2.05) is 30.7 Å². The maximum Gasteiger partial charge on any atom is 0.125 e. The van der Waals surface area contributed by atoms with Gasteiger partial charge in [0.25, 0.3) is 0 Å². The first kappa shape index (κ1) is 13.5. The summed E-state index contributed by atoms with van der Waals surface area (Å²) in [4.78, 5) is 4.24. The van der Waals surface area contributed by atoms with Crippen molar-refractivity contribution in [3.8, 4) is 5.75 Å². The van der Waals surface area contributed by atoms with Crippen LogP contribution in [-0.4, -0.2) is 22.7 Å². The van der Waals surface area contributed by atoms with Crippen LogP contribution >= 0.6 is 11.6 Å². The average Bonchev–Trinajstić information content (AvgIpc) is 3.18. The van der Waals surface area contributed by atoms with E-state index < -0.39 is 0 Å². The Hall–Kier alpha value is -1.52. The fraction of sp³-hybridized carbons (Fsp3) is 0.400. The van der Waals surface area contributed by atoms with Crippen molar-refractivity contribution < 1.29 is 4.74 Å². The van der Waals surface area contributed by atoms with Crippen molar-refractivity contribution in [1.82, 2.24) is 14.9 Å². The van der Waals surface area contributed by atoms with Gasteiger partial charge in [0.05, 0.1) is 25.7 Å². The summed E-state index contributed by atoms with van der Waals surface area (Å²) in [6.45, 7) is 1.52. The first-order valence-electron chi connectivity index (χ1n) is 6.81. The zero-order valence-corrected chi connectivity index (χ0v) is 12.2. The Morgan fingerprint density at radius 3 is 3.05 bits per heavy atom. The normalized spacial score (nSPS) is 14.5. The summed E-state index contributed by atoms with van der Waals surface area (Å²) in [7, 11) is 1.67. The molecule has 0 unspecified atom stereocenters. The van der Waals surface area contributed by atoms with Gasteiger partial charge in [-0.1, -0.05) is 17.7 Å². The number of nitrogens with one attached hydrogen (secondary N) is 1. The van der Waals surface area contributed by atoms with Gasteiger partial charge in [-0.05, 0) is 25.0 Å². The summed E-state index contributed by atoms with van der Waals surface area (Å²) in [5.41, 5.74) is 2.15. The molecule has 2 aromatic rings. The van der Waals surface area contributed by atoms with Gasteiger partial charge in [-0.15, -0.1) is 0 Å². The number of hydrogen-bond acceptors (Lipinski definition) is 3. The number of benzene rings is 1. The number of rotatable bonds is 6. The lowest BCUT2D eigenvalue weighted by molar-refractivity contribution is 0.408. The van der Waals surface area contributed by atoms with Crippen molar-refractivity contribution in [1.29, 1.82) is 0 Å². The maximum atomic E-state index is 6.29. The molecule has 1 heterocycles. The summed E-state index contributed by atoms with van der Waals surface area (Å²) < 4.78 is 7.50. The van der Waals surface area contributed by atoms with Gasteiger partial charge >= 0.3 is 0 Å². The van der Waals surface area contributed by atoms with Crippen molar-refractivity contribution in [2.45, 2.75) is 32.0 Å². The Bertz CT molecular complexity index is 593. The molecule has 106 valence electrons. The molecule has 1 fully saturated rings. The molecule has 0 saturated heterocycles. The molecule has 1 N–H and O–H groups in total. The van der Waals surface area contributed by atoms with Crippen molar-refractivity contribution in [2.75, 3.05) is 7.11 Å². The van der Waals surface area contributed by atoms with E-state index in [1.54, 1.807) is 7.11 Å². The molecule has 0 atom stereocenters. The molecule has 1 aliphatic carbocycles. The number of halogens is 1. The van der Waals surface area contributed by atoms with Gasteiger partial charge in [-0.3, -0.25) is 0 Å². The van der Waals surface area contributed by atoms with Crippen molar-refractivity contribution in [3.63, 3.8) is 0 Å². The molecule has 0 amide bonds. The van der Waals surface area contributed by atoms with Gasteiger partial charge in [0, 0.05) is 29.4 Å². The predicted octanol–water partition coefficient (Wildman–Crippen LogP) is 2.85. The zero-order valence-electron chi connectivity index (χ0n) is 11.5. The second-order valence-corrected chi connectivity index (χ2v) is 5.50. The highest BCUT2D eigenvalue weighted by Crippen LogP contribution is 2.27. The number of methoxy groups -OCH3 is 1. The average molecular weight is 292 g/mol. The molecule has 4 nitrogen and oxygen atoms in total. The van der Waals surface area contributed by atoms with Crippen LogP contribution in [0.25, 0.3) is 0 Å². The minimum atomic E-state index is 0.671. The second-order valence-electron chi connectivity index (χ2n) is 5.09. The number of hydrogen-bond donors (Lipinski definition) is 1. The first-order chi connectivity index (χ1) is 9.78. The standard InChI is InChI=1S/C15H18ClN3O/c1-20-15-4-2-3-14(16)13(15)9-19-10-17-7-12(19)8-18-11-5-6-11/h2-4,7,10-11,18H,5-6,8-9H2,1H3. The van der Waals surface area contributed by atoms with Crippen molar-refractivity contribution in [2.24, 2.45) is 0 Å². The minimum absolute atomic E-state index is 0.671. The number of imidazole rings is 1. The number of nitrogens with zero attached hydrogens (tertiary/aromatic N) is 2. The number of aromatic nitrogens is 2. The fourth-order valence-electron chi connectivity index (χ4n) is 2.23. The lowest BCUT2D eigenvalue weighted by atomic mass is 10.2. The SMILES string of the molecule is COc1cccc(Cl)c1Cn1cncc1CNC1CC1. The molecular formula is C15H18ClN3O. The summed E-state index contributed by atoms with van der Waals surface area (Å²) in [5.74, 6) is 0.812. The third-order valence-corrected chi connectivity index (χ3v) is 3.93. The van der Waals surface area contributed by atoms with E-state index in [9.17, 15) is 0 Å². The Kier molecular flexibility index (Phi) is 3.94. The smallest absolute Gasteiger partial charge is 0.125 e. The van der Waals surface area contributed by atoms with E-state index in [0.717, 1.165) is 22.9 Å². The highest BCUT2D eigenvalue weighted by Gasteiger charge is 2.20. The van der Waals surface area contributed by atoms with E-state index in [2.05, 4.69) is 14.9 Å². The van der Waals surface area contributed by atoms with E-state index in [0.29, 0.717) is 12.6 Å². The van der Waals surface area contributed by atoms with Crippen LogP contribution in [0.1, 0.15) is 24.1 Å². The van der Waals surface area contributed by atoms with Crippen LogP contribution in [-0.2, 0) is 13.1 Å². The Balaban J connectivity index is 1.78. The van der Waals surface area contributed by atoms with Gasteiger partial charge in [0.15, 0.2) is 0 Å². The predicted molar refractivity (Wildman–Crippen MR) is 79.2 cm³/mol. The molecule has 1 aliphatic rings. The molecule has 0 spiro atoms. The summed E-state index contributed by atoms with van der Waals surface area (Å²) in [6.07, 6.45) is 6.31. The maximum absolute atomic E-state index is 6.29. The lowest BCUT2D eigenvalue weighted by Crippen LogP contribution is -2.18. The van der Waals surface area contributed by atoms with Crippen LogP contribution in [0.4, 0.5) is 0 Å². The molecular weight excluding hydrogens is 274 g/mol. The largest absolute Gasteiger partial charge is 0.496 e. The monoisotopic (exact) mass is 291 g/mol. The third-order valence-electron chi connectivity index (χ3n) is 3.57. The summed E-state index contributed by atoms with van der Waals surface area (Å²) in [6, 6.07) is 6.40. The fourth-order valence-corrected chi connectivity index (χ4v) is 2.45. The van der Waals surface area contributed by atoms with Crippen LogP contribution in [0.2, 0.25) is 5.02 Å². The van der Waals surface area contributed by atoms with Gasteiger partial charge in [0.1, 0.15) is 5.75 Å². The van der Waals surface area contributed by atoms with Gasteiger partial charge in [0.2, 0.25) is 0 Å². The van der Waals surface area contributed by atoms with E-state index in [-0.39, 0.29) is 0 Å². The third kappa shape index (κ3) is 2.97.